The van der Waals surface area contributed by atoms with Crippen LogP contribution >= 0.6 is 51.5 Å². The third-order valence-electron chi connectivity index (χ3n) is 1.99. The van der Waals surface area contributed by atoms with E-state index >= 15 is 0 Å². The minimum atomic E-state index is -0.159. The number of nitrogens with one attached hydrogen (secondary N) is 1. The van der Waals surface area contributed by atoms with Gasteiger partial charge < -0.3 is 5.32 Å². The van der Waals surface area contributed by atoms with E-state index in [4.69, 9.17) is 11.6 Å². The summed E-state index contributed by atoms with van der Waals surface area (Å²) in [5.41, 5.74) is 0.664. The van der Waals surface area contributed by atoms with Crippen molar-refractivity contribution in [3.8, 4) is 0 Å². The number of halogens is 2. The van der Waals surface area contributed by atoms with Crippen molar-refractivity contribution in [3.63, 3.8) is 0 Å². The lowest BCUT2D eigenvalue weighted by Gasteiger charge is -2.04. The standard InChI is InChI=1S/C11H7BrClNOS2/c12-8-2-1-6(3-9(8)13)14-11(15)10-4-7(16)5-17-10/h1-5,16H,(H,14,15). The first-order valence-electron chi connectivity index (χ1n) is 4.60. The summed E-state index contributed by atoms with van der Waals surface area (Å²) in [7, 11) is 0. The Hall–Kier alpha value is -0.490. The number of benzene rings is 1. The van der Waals surface area contributed by atoms with Crippen LogP contribution in [0.3, 0.4) is 0 Å². The van der Waals surface area contributed by atoms with Crippen molar-refractivity contribution in [2.45, 2.75) is 4.90 Å². The minimum absolute atomic E-state index is 0.159. The molecule has 88 valence electrons. The van der Waals surface area contributed by atoms with Gasteiger partial charge in [0.25, 0.3) is 5.91 Å². The van der Waals surface area contributed by atoms with E-state index in [2.05, 4.69) is 33.9 Å². The van der Waals surface area contributed by atoms with Gasteiger partial charge in [0.2, 0.25) is 0 Å². The number of amides is 1. The average Bonchev–Trinajstić information content (AvgIpc) is 2.70. The van der Waals surface area contributed by atoms with Crippen LogP contribution < -0.4 is 5.32 Å². The molecule has 0 unspecified atom stereocenters. The van der Waals surface area contributed by atoms with Gasteiger partial charge in [0.05, 0.1) is 9.90 Å². The Morgan fingerprint density at radius 2 is 2.18 bits per heavy atom. The van der Waals surface area contributed by atoms with Gasteiger partial charge in [-0.15, -0.1) is 24.0 Å². The van der Waals surface area contributed by atoms with Gasteiger partial charge in [-0.3, -0.25) is 4.79 Å². The molecular weight excluding hydrogens is 342 g/mol. The highest BCUT2D eigenvalue weighted by molar-refractivity contribution is 9.10. The SMILES string of the molecule is O=C(Nc1ccc(Br)c(Cl)c1)c1cc(S)cs1. The summed E-state index contributed by atoms with van der Waals surface area (Å²) in [5, 5.41) is 5.14. The maximum atomic E-state index is 11.8. The molecule has 2 nitrogen and oxygen atoms in total. The zero-order valence-corrected chi connectivity index (χ0v) is 12.5. The van der Waals surface area contributed by atoms with Crippen LogP contribution in [-0.4, -0.2) is 5.91 Å². The first-order chi connectivity index (χ1) is 8.06. The molecule has 17 heavy (non-hydrogen) atoms. The van der Waals surface area contributed by atoms with E-state index in [9.17, 15) is 4.79 Å². The summed E-state index contributed by atoms with van der Waals surface area (Å²) in [6, 6.07) is 6.99. The van der Waals surface area contributed by atoms with Crippen molar-refractivity contribution in [2.24, 2.45) is 0 Å². The molecule has 0 saturated heterocycles. The minimum Gasteiger partial charge on any atom is -0.321 e. The summed E-state index contributed by atoms with van der Waals surface area (Å²) in [6.07, 6.45) is 0. The second kappa shape index (κ2) is 5.44. The van der Waals surface area contributed by atoms with Crippen LogP contribution in [0.4, 0.5) is 5.69 Å². The maximum Gasteiger partial charge on any atom is 0.265 e. The molecule has 0 aliphatic heterocycles. The van der Waals surface area contributed by atoms with Crippen LogP contribution in [-0.2, 0) is 0 Å². The smallest absolute Gasteiger partial charge is 0.265 e. The summed E-state index contributed by atoms with van der Waals surface area (Å²) < 4.78 is 0.797. The van der Waals surface area contributed by atoms with E-state index < -0.39 is 0 Å². The highest BCUT2D eigenvalue weighted by Crippen LogP contribution is 2.26. The van der Waals surface area contributed by atoms with Gasteiger partial charge in [-0.25, -0.2) is 0 Å². The van der Waals surface area contributed by atoms with Crippen LogP contribution in [0.25, 0.3) is 0 Å². The van der Waals surface area contributed by atoms with Crippen molar-refractivity contribution in [3.05, 3.63) is 44.0 Å². The molecule has 2 aromatic rings. The molecule has 1 aromatic carbocycles. The fraction of sp³-hybridized carbons (Fsp3) is 0. The van der Waals surface area contributed by atoms with E-state index in [1.165, 1.54) is 11.3 Å². The normalized spacial score (nSPS) is 10.3. The van der Waals surface area contributed by atoms with Crippen molar-refractivity contribution in [2.75, 3.05) is 5.32 Å². The Bertz CT molecular complexity index is 570. The molecule has 1 amide bonds. The van der Waals surface area contributed by atoms with Crippen molar-refractivity contribution in [1.29, 1.82) is 0 Å². The number of thiol groups is 1. The molecule has 1 N–H and O–H groups in total. The van der Waals surface area contributed by atoms with Gasteiger partial charge in [0.15, 0.2) is 0 Å². The van der Waals surface area contributed by atoms with Crippen LogP contribution in [0, 0.1) is 0 Å². The fourth-order valence-electron chi connectivity index (χ4n) is 1.21. The van der Waals surface area contributed by atoms with Crippen LogP contribution in [0.15, 0.2) is 39.0 Å². The number of thiophene rings is 1. The third kappa shape index (κ3) is 3.25. The van der Waals surface area contributed by atoms with Gasteiger partial charge in [0, 0.05) is 20.4 Å². The lowest BCUT2D eigenvalue weighted by molar-refractivity contribution is 0.103. The topological polar surface area (TPSA) is 29.1 Å². The van der Waals surface area contributed by atoms with Crippen LogP contribution in [0.2, 0.25) is 5.02 Å². The monoisotopic (exact) mass is 347 g/mol. The molecular formula is C11H7BrClNOS2. The van der Waals surface area contributed by atoms with Gasteiger partial charge in [0.1, 0.15) is 0 Å². The number of hydrogen-bond donors (Lipinski definition) is 2. The zero-order valence-electron chi connectivity index (χ0n) is 8.41. The fourth-order valence-corrected chi connectivity index (χ4v) is 2.68. The first-order valence-corrected chi connectivity index (χ1v) is 7.10. The predicted molar refractivity (Wildman–Crippen MR) is 78.7 cm³/mol. The van der Waals surface area contributed by atoms with E-state index in [1.807, 2.05) is 5.38 Å². The Morgan fingerprint density at radius 1 is 1.41 bits per heavy atom. The van der Waals surface area contributed by atoms with Crippen LogP contribution in [0.5, 0.6) is 0 Å². The molecule has 0 spiro atoms. The summed E-state index contributed by atoms with van der Waals surface area (Å²) in [4.78, 5) is 13.2. The van der Waals surface area contributed by atoms with Gasteiger partial charge in [-0.2, -0.15) is 0 Å². The summed E-state index contributed by atoms with van der Waals surface area (Å²) in [5.74, 6) is -0.159. The molecule has 0 atom stereocenters. The lowest BCUT2D eigenvalue weighted by Crippen LogP contribution is -2.09. The van der Waals surface area contributed by atoms with Crippen molar-refractivity contribution in [1.82, 2.24) is 0 Å². The van der Waals surface area contributed by atoms with E-state index in [-0.39, 0.29) is 5.91 Å². The number of carbonyl (C=O) groups excluding carboxylic acids is 1. The Kier molecular flexibility index (Phi) is 4.14. The van der Waals surface area contributed by atoms with Crippen molar-refractivity contribution >= 4 is 63.1 Å². The first kappa shape index (κ1) is 13.0. The summed E-state index contributed by atoms with van der Waals surface area (Å²) >= 11 is 14.7. The second-order valence-electron chi connectivity index (χ2n) is 3.25. The molecule has 0 saturated carbocycles. The molecule has 0 bridgehead atoms. The molecule has 0 aliphatic carbocycles. The van der Waals surface area contributed by atoms with Crippen molar-refractivity contribution < 1.29 is 4.79 Å². The van der Waals surface area contributed by atoms with Crippen LogP contribution in [0.1, 0.15) is 9.67 Å². The van der Waals surface area contributed by atoms with E-state index in [0.29, 0.717) is 15.6 Å². The molecule has 0 fully saturated rings. The lowest BCUT2D eigenvalue weighted by atomic mass is 10.3. The van der Waals surface area contributed by atoms with Gasteiger partial charge in [-0.1, -0.05) is 11.6 Å². The molecule has 0 radical (unpaired) electrons. The number of rotatable bonds is 2. The molecule has 2 rings (SSSR count). The Morgan fingerprint density at radius 3 is 2.76 bits per heavy atom. The average molecular weight is 349 g/mol. The predicted octanol–water partition coefficient (Wildman–Crippen LogP) is 4.71. The number of carbonyl (C=O) groups is 1. The van der Waals surface area contributed by atoms with E-state index in [0.717, 1.165) is 9.37 Å². The summed E-state index contributed by atoms with van der Waals surface area (Å²) in [6.45, 7) is 0. The van der Waals surface area contributed by atoms with E-state index in [1.54, 1.807) is 24.3 Å². The zero-order chi connectivity index (χ0) is 12.4. The second-order valence-corrected chi connectivity index (χ2v) is 5.94. The molecule has 0 aliphatic rings. The Labute approximate surface area is 122 Å². The molecule has 1 aromatic heterocycles. The number of anilines is 1. The van der Waals surface area contributed by atoms with Gasteiger partial charge >= 0.3 is 0 Å². The van der Waals surface area contributed by atoms with Gasteiger partial charge in [-0.05, 0) is 40.2 Å². The quantitative estimate of drug-likeness (QED) is 0.756. The number of hydrogen-bond acceptors (Lipinski definition) is 3. The maximum absolute atomic E-state index is 11.8. The highest BCUT2D eigenvalue weighted by Gasteiger charge is 2.09. The molecule has 6 heteroatoms. The Balaban J connectivity index is 2.15. The third-order valence-corrected chi connectivity index (χ3v) is 4.58. The highest BCUT2D eigenvalue weighted by atomic mass is 79.9. The molecule has 1 heterocycles. The largest absolute Gasteiger partial charge is 0.321 e.